The SMILES string of the molecule is Cc1cc(C)n(-c2ccc(C(=O)N3CCCC(c4nccnc4Oc4ccccc4C)C3)cn2)n1. The van der Waals surface area contributed by atoms with Crippen molar-refractivity contribution < 1.29 is 9.53 Å². The molecule has 1 aromatic carbocycles. The van der Waals surface area contributed by atoms with Gasteiger partial charge in [0.2, 0.25) is 5.88 Å². The maximum Gasteiger partial charge on any atom is 0.255 e. The van der Waals surface area contributed by atoms with Crippen LogP contribution in [0.25, 0.3) is 5.82 Å². The Bertz CT molecular complexity index is 1350. The number of aryl methyl sites for hydroxylation is 3. The summed E-state index contributed by atoms with van der Waals surface area (Å²) in [4.78, 5) is 28.7. The van der Waals surface area contributed by atoms with Crippen molar-refractivity contribution >= 4 is 5.91 Å². The lowest BCUT2D eigenvalue weighted by molar-refractivity contribution is 0.0704. The Morgan fingerprint density at radius 1 is 1.03 bits per heavy atom. The van der Waals surface area contributed by atoms with Crippen LogP contribution in [-0.4, -0.2) is 48.6 Å². The van der Waals surface area contributed by atoms with Gasteiger partial charge in [0.05, 0.1) is 11.3 Å². The van der Waals surface area contributed by atoms with Gasteiger partial charge in [-0.25, -0.2) is 14.6 Å². The molecule has 178 valence electrons. The highest BCUT2D eigenvalue weighted by Crippen LogP contribution is 2.33. The molecule has 1 saturated heterocycles. The van der Waals surface area contributed by atoms with Gasteiger partial charge in [-0.1, -0.05) is 18.2 Å². The van der Waals surface area contributed by atoms with Crippen LogP contribution in [0.2, 0.25) is 0 Å². The minimum atomic E-state index is -0.0348. The van der Waals surface area contributed by atoms with Gasteiger partial charge in [-0.2, -0.15) is 5.10 Å². The van der Waals surface area contributed by atoms with E-state index in [0.717, 1.165) is 41.2 Å². The number of hydrogen-bond acceptors (Lipinski definition) is 6. The van der Waals surface area contributed by atoms with E-state index in [1.807, 2.05) is 68.1 Å². The molecule has 1 fully saturated rings. The maximum atomic E-state index is 13.3. The average molecular weight is 469 g/mol. The maximum absolute atomic E-state index is 13.3. The number of nitrogens with zero attached hydrogens (tertiary/aromatic N) is 6. The summed E-state index contributed by atoms with van der Waals surface area (Å²) in [5.41, 5.74) is 4.30. The summed E-state index contributed by atoms with van der Waals surface area (Å²) < 4.78 is 7.93. The van der Waals surface area contributed by atoms with Gasteiger partial charge in [0.15, 0.2) is 5.82 Å². The Balaban J connectivity index is 1.33. The van der Waals surface area contributed by atoms with Crippen LogP contribution in [-0.2, 0) is 0 Å². The third-order valence-corrected chi connectivity index (χ3v) is 6.31. The summed E-state index contributed by atoms with van der Waals surface area (Å²) >= 11 is 0. The van der Waals surface area contributed by atoms with Crippen molar-refractivity contribution in [3.05, 3.63) is 89.3 Å². The molecule has 0 spiro atoms. The Hall–Kier alpha value is -4.07. The van der Waals surface area contributed by atoms with Gasteiger partial charge in [0, 0.05) is 43.3 Å². The lowest BCUT2D eigenvalue weighted by Gasteiger charge is -2.32. The molecule has 8 nitrogen and oxygen atoms in total. The van der Waals surface area contributed by atoms with Gasteiger partial charge in [-0.05, 0) is 63.4 Å². The molecule has 4 heterocycles. The largest absolute Gasteiger partial charge is 0.437 e. The molecule has 4 aromatic rings. The smallest absolute Gasteiger partial charge is 0.255 e. The van der Waals surface area contributed by atoms with E-state index < -0.39 is 0 Å². The van der Waals surface area contributed by atoms with Crippen molar-refractivity contribution in [2.75, 3.05) is 13.1 Å². The van der Waals surface area contributed by atoms with E-state index in [2.05, 4.69) is 20.1 Å². The minimum absolute atomic E-state index is 0.0348. The zero-order chi connectivity index (χ0) is 24.4. The molecular formula is C27H28N6O2. The predicted octanol–water partition coefficient (Wildman–Crippen LogP) is 4.79. The van der Waals surface area contributed by atoms with Crippen LogP contribution >= 0.6 is 0 Å². The predicted molar refractivity (Wildman–Crippen MR) is 132 cm³/mol. The summed E-state index contributed by atoms with van der Waals surface area (Å²) in [7, 11) is 0. The second-order valence-electron chi connectivity index (χ2n) is 8.95. The molecule has 0 aliphatic carbocycles. The first-order chi connectivity index (χ1) is 17.0. The number of para-hydroxylation sites is 1. The molecule has 35 heavy (non-hydrogen) atoms. The van der Waals surface area contributed by atoms with E-state index >= 15 is 0 Å². The van der Waals surface area contributed by atoms with Gasteiger partial charge in [0.1, 0.15) is 11.4 Å². The van der Waals surface area contributed by atoms with Crippen molar-refractivity contribution in [1.82, 2.24) is 29.6 Å². The van der Waals surface area contributed by atoms with E-state index in [1.54, 1.807) is 23.3 Å². The number of hydrogen-bond donors (Lipinski definition) is 0. The van der Waals surface area contributed by atoms with Gasteiger partial charge in [-0.3, -0.25) is 9.78 Å². The van der Waals surface area contributed by atoms with Crippen LogP contribution in [0, 0.1) is 20.8 Å². The molecule has 1 atom stereocenters. The molecule has 0 radical (unpaired) electrons. The van der Waals surface area contributed by atoms with Crippen LogP contribution in [0.1, 0.15) is 51.8 Å². The number of benzene rings is 1. The Morgan fingerprint density at radius 2 is 1.86 bits per heavy atom. The van der Waals surface area contributed by atoms with Gasteiger partial charge in [0.25, 0.3) is 5.91 Å². The second-order valence-corrected chi connectivity index (χ2v) is 8.95. The third-order valence-electron chi connectivity index (χ3n) is 6.31. The van der Waals surface area contributed by atoms with Crippen molar-refractivity contribution in [1.29, 1.82) is 0 Å². The number of rotatable bonds is 5. The number of pyridine rings is 1. The quantitative estimate of drug-likeness (QED) is 0.418. The van der Waals surface area contributed by atoms with Crippen LogP contribution < -0.4 is 4.74 Å². The van der Waals surface area contributed by atoms with E-state index in [0.29, 0.717) is 30.4 Å². The Morgan fingerprint density at radius 3 is 2.60 bits per heavy atom. The number of aromatic nitrogens is 5. The number of piperidine rings is 1. The van der Waals surface area contributed by atoms with Crippen molar-refractivity contribution in [3.63, 3.8) is 0 Å². The standard InChI is InChI=1S/C27H28N6O2/c1-18-7-4-5-9-23(18)35-26-25(28-12-13-29-26)22-8-6-14-32(17-22)27(34)21-10-11-24(30-16-21)33-20(3)15-19(2)31-33/h4-5,7,9-13,15-16,22H,6,8,14,17H2,1-3H3. The van der Waals surface area contributed by atoms with Crippen LogP contribution in [0.3, 0.4) is 0 Å². The fraction of sp³-hybridized carbons (Fsp3) is 0.296. The number of carbonyl (C=O) groups is 1. The molecule has 1 amide bonds. The average Bonchev–Trinajstić information content (AvgIpc) is 3.23. The third kappa shape index (κ3) is 4.77. The molecule has 0 bridgehead atoms. The Labute approximate surface area is 204 Å². The van der Waals surface area contributed by atoms with E-state index in [1.165, 1.54) is 0 Å². The molecule has 5 rings (SSSR count). The van der Waals surface area contributed by atoms with Crippen molar-refractivity contribution in [3.8, 4) is 17.4 Å². The first-order valence-corrected chi connectivity index (χ1v) is 11.8. The lowest BCUT2D eigenvalue weighted by Crippen LogP contribution is -2.39. The topological polar surface area (TPSA) is 86.0 Å². The summed E-state index contributed by atoms with van der Waals surface area (Å²) in [6.07, 6.45) is 6.75. The molecule has 1 aliphatic heterocycles. The molecule has 1 aliphatic rings. The van der Waals surface area contributed by atoms with E-state index in [4.69, 9.17) is 4.74 Å². The summed E-state index contributed by atoms with van der Waals surface area (Å²) in [6, 6.07) is 13.5. The van der Waals surface area contributed by atoms with Crippen LogP contribution in [0.5, 0.6) is 11.6 Å². The van der Waals surface area contributed by atoms with E-state index in [9.17, 15) is 4.79 Å². The molecule has 1 unspecified atom stereocenters. The summed E-state index contributed by atoms with van der Waals surface area (Å²) in [5.74, 6) is 1.96. The monoisotopic (exact) mass is 468 g/mol. The molecule has 3 aromatic heterocycles. The number of amides is 1. The lowest BCUT2D eigenvalue weighted by atomic mass is 9.94. The minimum Gasteiger partial charge on any atom is -0.437 e. The summed E-state index contributed by atoms with van der Waals surface area (Å²) in [6.45, 7) is 7.19. The number of carbonyl (C=O) groups excluding carboxylic acids is 1. The highest BCUT2D eigenvalue weighted by Gasteiger charge is 2.29. The van der Waals surface area contributed by atoms with Crippen molar-refractivity contribution in [2.24, 2.45) is 0 Å². The highest BCUT2D eigenvalue weighted by atomic mass is 16.5. The molecule has 8 heteroatoms. The fourth-order valence-corrected chi connectivity index (χ4v) is 4.54. The van der Waals surface area contributed by atoms with Gasteiger partial charge >= 0.3 is 0 Å². The number of ether oxygens (including phenoxy) is 1. The van der Waals surface area contributed by atoms with E-state index in [-0.39, 0.29) is 11.8 Å². The number of likely N-dealkylation sites (tertiary alicyclic amines) is 1. The Kier molecular flexibility index (Phi) is 6.27. The van der Waals surface area contributed by atoms with Crippen LogP contribution in [0.4, 0.5) is 0 Å². The molecular weight excluding hydrogens is 440 g/mol. The highest BCUT2D eigenvalue weighted by molar-refractivity contribution is 5.94. The second kappa shape index (κ2) is 9.66. The first-order valence-electron chi connectivity index (χ1n) is 11.8. The molecule has 0 saturated carbocycles. The first kappa shape index (κ1) is 22.7. The fourth-order valence-electron chi connectivity index (χ4n) is 4.54. The zero-order valence-corrected chi connectivity index (χ0v) is 20.2. The normalized spacial score (nSPS) is 15.7. The van der Waals surface area contributed by atoms with Gasteiger partial charge in [-0.15, -0.1) is 0 Å². The van der Waals surface area contributed by atoms with Gasteiger partial charge < -0.3 is 9.64 Å². The van der Waals surface area contributed by atoms with Crippen molar-refractivity contribution in [2.45, 2.75) is 39.5 Å². The summed E-state index contributed by atoms with van der Waals surface area (Å²) in [5, 5.41) is 4.47. The van der Waals surface area contributed by atoms with Crippen LogP contribution in [0.15, 0.2) is 61.1 Å². The molecule has 0 N–H and O–H groups in total. The zero-order valence-electron chi connectivity index (χ0n) is 20.2.